The van der Waals surface area contributed by atoms with E-state index in [2.05, 4.69) is 55.6 Å². The lowest BCUT2D eigenvalue weighted by molar-refractivity contribution is -0.140. The van der Waals surface area contributed by atoms with Gasteiger partial charge in [-0.05, 0) is 90.6 Å². The summed E-state index contributed by atoms with van der Waals surface area (Å²) >= 11 is 0. The first-order valence-electron chi connectivity index (χ1n) is 23.1. The lowest BCUT2D eigenvalue weighted by atomic mass is 9.98. The minimum absolute atomic E-state index is 0.00316. The maximum absolute atomic E-state index is 13.7. The molecule has 67 heavy (non-hydrogen) atoms. The first-order valence-corrected chi connectivity index (χ1v) is 23.1. The van der Waals surface area contributed by atoms with Crippen LogP contribution in [0.15, 0.2) is 97.1 Å². The topological polar surface area (TPSA) is 213 Å². The number of unbranched alkanes of at least 4 members (excludes halogenated alkanes) is 1. The number of aliphatic hydroxyl groups is 1. The molecule has 2 heterocycles. The van der Waals surface area contributed by atoms with Crippen LogP contribution in [0.1, 0.15) is 88.8 Å². The summed E-state index contributed by atoms with van der Waals surface area (Å²) in [5.41, 5.74) is 6.12. The third-order valence-electron chi connectivity index (χ3n) is 12.3. The smallest absolute Gasteiger partial charge is 0.414 e. The molecule has 0 spiro atoms. The van der Waals surface area contributed by atoms with E-state index in [-0.39, 0.29) is 43.6 Å². The highest BCUT2D eigenvalue weighted by Gasteiger charge is 2.39. The Morgan fingerprint density at radius 3 is 2.16 bits per heavy atom. The summed E-state index contributed by atoms with van der Waals surface area (Å²) in [7, 11) is 0. The van der Waals surface area contributed by atoms with Crippen LogP contribution in [0.5, 0.6) is 0 Å². The number of fused-ring (bicyclic) bond motifs is 4. The second-order valence-electron chi connectivity index (χ2n) is 17.4. The molecule has 1 aliphatic heterocycles. The number of rotatable bonds is 19. The molecule has 16 heteroatoms. The number of likely N-dealkylation sites (tertiary alicyclic amines) is 1. The van der Waals surface area contributed by atoms with E-state index in [0.717, 1.165) is 46.9 Å². The molecule has 0 saturated carbocycles. The summed E-state index contributed by atoms with van der Waals surface area (Å²) in [4.78, 5) is 77.4. The number of nitrogens with one attached hydrogen (secondary N) is 5. The van der Waals surface area contributed by atoms with Crippen molar-refractivity contribution in [2.24, 2.45) is 5.92 Å². The van der Waals surface area contributed by atoms with Crippen LogP contribution in [-0.2, 0) is 30.5 Å². The van der Waals surface area contributed by atoms with Crippen LogP contribution < -0.4 is 26.6 Å². The second kappa shape index (κ2) is 22.4. The molecular formula is C51H60N8O8. The summed E-state index contributed by atoms with van der Waals surface area (Å²) in [6.07, 6.45) is 2.92. The van der Waals surface area contributed by atoms with Crippen molar-refractivity contribution in [1.82, 2.24) is 25.5 Å². The van der Waals surface area contributed by atoms with Gasteiger partial charge in [0, 0.05) is 36.2 Å². The molecule has 4 atom stereocenters. The Hall–Kier alpha value is -7.07. The van der Waals surface area contributed by atoms with Gasteiger partial charge in [-0.2, -0.15) is 4.98 Å². The molecule has 4 aromatic carbocycles. The van der Waals surface area contributed by atoms with Gasteiger partial charge in [-0.15, -0.1) is 0 Å². The highest BCUT2D eigenvalue weighted by Crippen LogP contribution is 2.44. The molecule has 352 valence electrons. The minimum Gasteiger partial charge on any atom is -0.449 e. The third kappa shape index (κ3) is 11.9. The van der Waals surface area contributed by atoms with Crippen molar-refractivity contribution in [1.29, 1.82) is 0 Å². The predicted molar refractivity (Wildman–Crippen MR) is 256 cm³/mol. The van der Waals surface area contributed by atoms with Crippen LogP contribution in [0.25, 0.3) is 22.0 Å². The molecule has 6 N–H and O–H groups in total. The molecule has 0 bridgehead atoms. The predicted octanol–water partition coefficient (Wildman–Crippen LogP) is 7.73. The molecular weight excluding hydrogens is 853 g/mol. The van der Waals surface area contributed by atoms with Gasteiger partial charge in [-0.3, -0.25) is 19.7 Å². The number of para-hydroxylation sites is 1. The van der Waals surface area contributed by atoms with Gasteiger partial charge >= 0.3 is 12.2 Å². The number of carbonyl (C=O) groups is 5. The SMILES string of the molecule is CCCC[C@@H](CCO)Nc1nc(NC(=O)OCc2ccc(NC(=O)[C@@H](NC(=O)[C@@H]3CCCN3C(=O)[C@@H](C)NC(=O)OCC3c4ccccc4-c4ccccc43)C(C)C)cc2)nc2ccccc12. The van der Waals surface area contributed by atoms with Crippen LogP contribution in [0.2, 0.25) is 0 Å². The zero-order valence-electron chi connectivity index (χ0n) is 38.4. The standard InChI is InChI=1S/C51H60N8O8/c1-5-6-14-34(26-28-60)53-45-40-19-11-12-20-42(40)55-49(57-45)58-51(65)66-29-33-22-24-35(25-23-33)54-47(62)44(31(2)3)56-46(61)43-21-13-27-59(43)48(63)32(4)52-50(64)67-30-41-38-17-9-7-15-36(38)37-16-8-10-18-39(37)41/h7-12,15-20,22-25,31-32,34,41,43-44,60H,5-6,13-14,21,26-30H2,1-4H3,(H,52,64)(H,54,62)(H,56,61)(H2,53,55,57,58,65)/t32-,34+,43+,44+/m1/s1. The van der Waals surface area contributed by atoms with E-state index in [1.165, 1.54) is 4.90 Å². The number of ether oxygens (including phenoxy) is 2. The number of hydrogen-bond donors (Lipinski definition) is 6. The lowest BCUT2D eigenvalue weighted by Gasteiger charge is -2.29. The average Bonchev–Trinajstić information content (AvgIpc) is 3.95. The Balaban J connectivity index is 0.882. The van der Waals surface area contributed by atoms with Gasteiger partial charge in [0.2, 0.25) is 23.7 Å². The number of benzene rings is 4. The average molecular weight is 913 g/mol. The van der Waals surface area contributed by atoms with Crippen molar-refractivity contribution >= 4 is 58.3 Å². The highest BCUT2D eigenvalue weighted by molar-refractivity contribution is 5.99. The molecule has 16 nitrogen and oxygen atoms in total. The summed E-state index contributed by atoms with van der Waals surface area (Å²) < 4.78 is 11.1. The van der Waals surface area contributed by atoms with E-state index < -0.39 is 48.0 Å². The maximum Gasteiger partial charge on any atom is 0.414 e. The van der Waals surface area contributed by atoms with Crippen LogP contribution in [0, 0.1) is 5.92 Å². The molecule has 1 aliphatic carbocycles. The van der Waals surface area contributed by atoms with E-state index in [1.807, 2.05) is 74.5 Å². The fraction of sp³-hybridized carbons (Fsp3) is 0.392. The van der Waals surface area contributed by atoms with E-state index in [9.17, 15) is 29.1 Å². The molecule has 0 radical (unpaired) electrons. The number of alkyl carbamates (subject to hydrolysis) is 1. The van der Waals surface area contributed by atoms with Gasteiger partial charge in [0.05, 0.1) is 5.52 Å². The number of nitrogens with zero attached hydrogens (tertiary/aromatic N) is 3. The summed E-state index contributed by atoms with van der Waals surface area (Å²) in [6, 6.07) is 27.6. The van der Waals surface area contributed by atoms with Gasteiger partial charge in [-0.25, -0.2) is 14.6 Å². The van der Waals surface area contributed by atoms with Crippen LogP contribution in [0.4, 0.5) is 27.0 Å². The highest BCUT2D eigenvalue weighted by atomic mass is 16.6. The van der Waals surface area contributed by atoms with Gasteiger partial charge in [-0.1, -0.05) is 106 Å². The van der Waals surface area contributed by atoms with Gasteiger partial charge in [0.15, 0.2) is 0 Å². The Labute approximate surface area is 390 Å². The monoisotopic (exact) mass is 912 g/mol. The Kier molecular flexibility index (Phi) is 16.0. The fourth-order valence-electron chi connectivity index (χ4n) is 8.73. The van der Waals surface area contributed by atoms with E-state index in [4.69, 9.17) is 9.47 Å². The first kappa shape index (κ1) is 47.9. The molecule has 1 fully saturated rings. The summed E-state index contributed by atoms with van der Waals surface area (Å²) in [5, 5.41) is 24.8. The Morgan fingerprint density at radius 1 is 0.791 bits per heavy atom. The number of carbonyl (C=O) groups excluding carboxylic acids is 5. The third-order valence-corrected chi connectivity index (χ3v) is 12.3. The molecule has 1 saturated heterocycles. The number of amides is 5. The number of anilines is 3. The fourth-order valence-corrected chi connectivity index (χ4v) is 8.73. The van der Waals surface area contributed by atoms with Gasteiger partial charge in [0.1, 0.15) is 37.2 Å². The zero-order valence-corrected chi connectivity index (χ0v) is 38.4. The van der Waals surface area contributed by atoms with Crippen LogP contribution >= 0.6 is 0 Å². The zero-order chi connectivity index (χ0) is 47.5. The molecule has 0 unspecified atom stereocenters. The van der Waals surface area contributed by atoms with Crippen LogP contribution in [0.3, 0.4) is 0 Å². The number of hydrogen-bond acceptors (Lipinski definition) is 11. The van der Waals surface area contributed by atoms with Gasteiger partial charge in [0.25, 0.3) is 0 Å². The van der Waals surface area contributed by atoms with Crippen molar-refractivity contribution in [3.8, 4) is 11.1 Å². The largest absolute Gasteiger partial charge is 0.449 e. The van der Waals surface area contributed by atoms with Crippen molar-refractivity contribution in [3.63, 3.8) is 0 Å². The van der Waals surface area contributed by atoms with Crippen molar-refractivity contribution in [2.75, 3.05) is 35.7 Å². The summed E-state index contributed by atoms with van der Waals surface area (Å²) in [6.45, 7) is 7.69. The van der Waals surface area contributed by atoms with Gasteiger partial charge < -0.3 is 40.7 Å². The molecule has 1 aromatic heterocycles. The van der Waals surface area contributed by atoms with Crippen molar-refractivity contribution in [3.05, 3.63) is 114 Å². The molecule has 7 rings (SSSR count). The van der Waals surface area contributed by atoms with E-state index >= 15 is 0 Å². The summed E-state index contributed by atoms with van der Waals surface area (Å²) in [5.74, 6) is -1.13. The Bertz CT molecular complexity index is 2510. The first-order chi connectivity index (χ1) is 32.4. The molecule has 5 aromatic rings. The molecule has 2 aliphatic rings. The van der Waals surface area contributed by atoms with E-state index in [0.29, 0.717) is 48.4 Å². The lowest BCUT2D eigenvalue weighted by Crippen LogP contribution is -2.56. The number of aromatic nitrogens is 2. The van der Waals surface area contributed by atoms with Crippen LogP contribution in [-0.4, -0.2) is 93.8 Å². The second-order valence-corrected chi connectivity index (χ2v) is 17.4. The molecule has 5 amide bonds. The number of aliphatic hydroxyl groups excluding tert-OH is 1. The van der Waals surface area contributed by atoms with Crippen molar-refractivity contribution in [2.45, 2.75) is 103 Å². The minimum atomic E-state index is -0.961. The Morgan fingerprint density at radius 2 is 1.48 bits per heavy atom. The quantitative estimate of drug-likeness (QED) is 0.0472. The van der Waals surface area contributed by atoms with E-state index in [1.54, 1.807) is 31.2 Å². The maximum atomic E-state index is 13.7. The normalized spacial score (nSPS) is 15.5. The van der Waals surface area contributed by atoms with Crippen molar-refractivity contribution < 1.29 is 38.6 Å².